The predicted octanol–water partition coefficient (Wildman–Crippen LogP) is 5.11. The van der Waals surface area contributed by atoms with Crippen LogP contribution in [-0.2, 0) is 11.2 Å². The lowest BCUT2D eigenvalue weighted by atomic mass is 10.0. The molecule has 1 heterocycles. The average molecular weight is 352 g/mol. The molecule has 0 aliphatic rings. The normalized spacial score (nSPS) is 10.7. The maximum Gasteiger partial charge on any atom is 0.308 e. The number of carboxylic acids is 1. The van der Waals surface area contributed by atoms with Gasteiger partial charge in [-0.15, -0.1) is 11.3 Å². The number of anilines is 2. The van der Waals surface area contributed by atoms with Gasteiger partial charge in [0.2, 0.25) is 0 Å². The Hall–Kier alpha value is -2.66. The van der Waals surface area contributed by atoms with Crippen molar-refractivity contribution in [3.63, 3.8) is 0 Å². The number of aryl methyl sites for hydroxylation is 3. The first-order valence-electron chi connectivity index (χ1n) is 8.05. The van der Waals surface area contributed by atoms with Gasteiger partial charge in [-0.25, -0.2) is 4.98 Å². The van der Waals surface area contributed by atoms with Crippen molar-refractivity contribution in [3.8, 4) is 11.3 Å². The SMILES string of the molecule is Cc1cccc(Nc2nc(-c3ccc(C)c(C)c3)c(CC(=O)O)s2)c1. The Labute approximate surface area is 151 Å². The van der Waals surface area contributed by atoms with E-state index in [1.54, 1.807) is 0 Å². The summed E-state index contributed by atoms with van der Waals surface area (Å²) in [6.07, 6.45) is -0.0323. The van der Waals surface area contributed by atoms with Gasteiger partial charge >= 0.3 is 5.97 Å². The Morgan fingerprint density at radius 2 is 1.92 bits per heavy atom. The van der Waals surface area contributed by atoms with Crippen LogP contribution in [0.15, 0.2) is 42.5 Å². The second kappa shape index (κ2) is 7.07. The van der Waals surface area contributed by atoms with Crippen LogP contribution < -0.4 is 5.32 Å². The van der Waals surface area contributed by atoms with Gasteiger partial charge < -0.3 is 10.4 Å². The third-order valence-corrected chi connectivity index (χ3v) is 5.03. The van der Waals surface area contributed by atoms with Crippen molar-refractivity contribution in [2.24, 2.45) is 0 Å². The Balaban J connectivity index is 1.99. The van der Waals surface area contributed by atoms with E-state index in [1.165, 1.54) is 22.5 Å². The van der Waals surface area contributed by atoms with E-state index in [0.29, 0.717) is 5.13 Å². The Morgan fingerprint density at radius 3 is 2.60 bits per heavy atom. The van der Waals surface area contributed by atoms with E-state index in [2.05, 4.69) is 23.3 Å². The number of benzene rings is 2. The zero-order valence-corrected chi connectivity index (χ0v) is 15.3. The van der Waals surface area contributed by atoms with Gasteiger partial charge in [0.25, 0.3) is 0 Å². The minimum atomic E-state index is -0.851. The second-order valence-corrected chi connectivity index (χ2v) is 7.24. The lowest BCUT2D eigenvalue weighted by Gasteiger charge is -2.05. The monoisotopic (exact) mass is 352 g/mol. The van der Waals surface area contributed by atoms with Gasteiger partial charge in [-0.05, 0) is 55.7 Å². The minimum Gasteiger partial charge on any atom is -0.481 e. The first kappa shape index (κ1) is 17.2. The molecule has 1 aromatic heterocycles. The van der Waals surface area contributed by atoms with Crippen molar-refractivity contribution in [2.45, 2.75) is 27.2 Å². The Morgan fingerprint density at radius 1 is 1.12 bits per heavy atom. The van der Waals surface area contributed by atoms with E-state index < -0.39 is 5.97 Å². The molecule has 0 radical (unpaired) electrons. The third-order valence-electron chi connectivity index (χ3n) is 4.06. The van der Waals surface area contributed by atoms with Crippen LogP contribution in [0.25, 0.3) is 11.3 Å². The van der Waals surface area contributed by atoms with Crippen LogP contribution in [0.3, 0.4) is 0 Å². The van der Waals surface area contributed by atoms with Crippen molar-refractivity contribution in [1.82, 2.24) is 4.98 Å². The Bertz CT molecular complexity index is 931. The van der Waals surface area contributed by atoms with E-state index in [9.17, 15) is 9.90 Å². The third kappa shape index (κ3) is 4.06. The molecule has 0 saturated carbocycles. The van der Waals surface area contributed by atoms with Crippen LogP contribution in [0.5, 0.6) is 0 Å². The fraction of sp³-hybridized carbons (Fsp3) is 0.200. The van der Waals surface area contributed by atoms with Crippen LogP contribution in [0.4, 0.5) is 10.8 Å². The Kier molecular flexibility index (Phi) is 4.86. The minimum absolute atomic E-state index is 0.0323. The summed E-state index contributed by atoms with van der Waals surface area (Å²) in [5.41, 5.74) is 6.17. The van der Waals surface area contributed by atoms with Crippen molar-refractivity contribution in [3.05, 3.63) is 64.0 Å². The molecular weight excluding hydrogens is 332 g/mol. The molecule has 25 heavy (non-hydrogen) atoms. The molecule has 3 rings (SSSR count). The van der Waals surface area contributed by atoms with Gasteiger partial charge in [0.15, 0.2) is 5.13 Å². The lowest BCUT2D eigenvalue weighted by molar-refractivity contribution is -0.136. The number of aromatic nitrogens is 1. The molecule has 0 aliphatic heterocycles. The number of carbonyl (C=O) groups is 1. The highest BCUT2D eigenvalue weighted by atomic mass is 32.1. The van der Waals surface area contributed by atoms with E-state index >= 15 is 0 Å². The molecular formula is C20H20N2O2S. The molecule has 4 nitrogen and oxygen atoms in total. The summed E-state index contributed by atoms with van der Waals surface area (Å²) in [5, 5.41) is 13.2. The summed E-state index contributed by atoms with van der Waals surface area (Å²) in [5.74, 6) is -0.851. The van der Waals surface area contributed by atoms with Crippen molar-refractivity contribution in [1.29, 1.82) is 0 Å². The highest BCUT2D eigenvalue weighted by molar-refractivity contribution is 7.16. The fourth-order valence-corrected chi connectivity index (χ4v) is 3.62. The molecule has 0 fully saturated rings. The van der Waals surface area contributed by atoms with Gasteiger partial charge in [0.05, 0.1) is 12.1 Å². The number of aliphatic carboxylic acids is 1. The van der Waals surface area contributed by atoms with E-state index in [0.717, 1.165) is 27.4 Å². The number of carboxylic acid groups (broad SMARTS) is 1. The largest absolute Gasteiger partial charge is 0.481 e. The van der Waals surface area contributed by atoms with E-state index in [4.69, 9.17) is 0 Å². The zero-order valence-electron chi connectivity index (χ0n) is 14.5. The number of hydrogen-bond donors (Lipinski definition) is 2. The van der Waals surface area contributed by atoms with Crippen LogP contribution >= 0.6 is 11.3 Å². The zero-order chi connectivity index (χ0) is 18.0. The fourth-order valence-electron chi connectivity index (χ4n) is 2.62. The quantitative estimate of drug-likeness (QED) is 0.670. The molecule has 128 valence electrons. The molecule has 5 heteroatoms. The topological polar surface area (TPSA) is 62.2 Å². The molecule has 2 N–H and O–H groups in total. The molecule has 0 aliphatic carbocycles. The van der Waals surface area contributed by atoms with Gasteiger partial charge in [-0.1, -0.05) is 24.3 Å². The summed E-state index contributed by atoms with van der Waals surface area (Å²) in [7, 11) is 0. The number of nitrogens with zero attached hydrogens (tertiary/aromatic N) is 1. The maximum absolute atomic E-state index is 11.2. The summed E-state index contributed by atoms with van der Waals surface area (Å²) in [6, 6.07) is 14.1. The molecule has 0 saturated heterocycles. The molecule has 0 bridgehead atoms. The summed E-state index contributed by atoms with van der Waals surface area (Å²) in [4.78, 5) is 16.7. The van der Waals surface area contributed by atoms with E-state index in [1.807, 2.05) is 50.2 Å². The van der Waals surface area contributed by atoms with Crippen molar-refractivity contribution >= 4 is 28.1 Å². The van der Waals surface area contributed by atoms with Crippen molar-refractivity contribution < 1.29 is 9.90 Å². The maximum atomic E-state index is 11.2. The smallest absolute Gasteiger partial charge is 0.308 e. The highest BCUT2D eigenvalue weighted by Gasteiger charge is 2.16. The lowest BCUT2D eigenvalue weighted by Crippen LogP contribution is -1.99. The summed E-state index contributed by atoms with van der Waals surface area (Å²) < 4.78 is 0. The number of rotatable bonds is 5. The summed E-state index contributed by atoms with van der Waals surface area (Å²) in [6.45, 7) is 6.14. The standard InChI is InChI=1S/C20H20N2O2S/c1-12-5-4-6-16(9-12)21-20-22-19(17(25-20)11-18(23)24)15-8-7-13(2)14(3)10-15/h4-10H,11H2,1-3H3,(H,21,22)(H,23,24). The molecule has 2 aromatic carbocycles. The molecule has 0 spiro atoms. The van der Waals surface area contributed by atoms with Gasteiger partial charge in [0.1, 0.15) is 0 Å². The molecule has 0 amide bonds. The van der Waals surface area contributed by atoms with Gasteiger partial charge in [-0.3, -0.25) is 4.79 Å². The highest BCUT2D eigenvalue weighted by Crippen LogP contribution is 2.34. The summed E-state index contributed by atoms with van der Waals surface area (Å²) >= 11 is 1.39. The second-order valence-electron chi connectivity index (χ2n) is 6.15. The molecule has 0 atom stereocenters. The first-order valence-corrected chi connectivity index (χ1v) is 8.87. The average Bonchev–Trinajstić information content (AvgIpc) is 2.91. The number of hydrogen-bond acceptors (Lipinski definition) is 4. The molecule has 3 aromatic rings. The first-order chi connectivity index (χ1) is 11.9. The van der Waals surface area contributed by atoms with Gasteiger partial charge in [-0.2, -0.15) is 0 Å². The predicted molar refractivity (Wildman–Crippen MR) is 103 cm³/mol. The van der Waals surface area contributed by atoms with E-state index in [-0.39, 0.29) is 6.42 Å². The van der Waals surface area contributed by atoms with Crippen LogP contribution in [0.1, 0.15) is 21.6 Å². The van der Waals surface area contributed by atoms with Crippen molar-refractivity contribution in [2.75, 3.05) is 5.32 Å². The van der Waals surface area contributed by atoms with Gasteiger partial charge in [0, 0.05) is 16.1 Å². The number of nitrogens with one attached hydrogen (secondary N) is 1. The van der Waals surface area contributed by atoms with Crippen LogP contribution in [0, 0.1) is 20.8 Å². The van der Waals surface area contributed by atoms with Crippen LogP contribution in [0.2, 0.25) is 0 Å². The van der Waals surface area contributed by atoms with Crippen LogP contribution in [-0.4, -0.2) is 16.1 Å². The number of thiazole rings is 1. The molecule has 0 unspecified atom stereocenters.